The monoisotopic (exact) mass is 239 g/mol. The number of rotatable bonds is 4. The Kier molecular flexibility index (Phi) is 4.45. The molecule has 1 unspecified atom stereocenters. The third kappa shape index (κ3) is 3.67. The van der Waals surface area contributed by atoms with Gasteiger partial charge in [-0.05, 0) is 59.8 Å². The minimum atomic E-state index is 0.247. The van der Waals surface area contributed by atoms with Crippen LogP contribution in [0.5, 0.6) is 0 Å². The van der Waals surface area contributed by atoms with Crippen molar-refractivity contribution in [3.8, 4) is 0 Å². The van der Waals surface area contributed by atoms with Gasteiger partial charge in [0.05, 0.1) is 0 Å². The van der Waals surface area contributed by atoms with Crippen molar-refractivity contribution in [2.75, 3.05) is 39.8 Å². The lowest BCUT2D eigenvalue weighted by Gasteiger charge is -2.33. The number of nitrogens with zero attached hydrogens (tertiary/aromatic N) is 2. The van der Waals surface area contributed by atoms with Crippen LogP contribution in [0.4, 0.5) is 0 Å². The van der Waals surface area contributed by atoms with Gasteiger partial charge in [-0.1, -0.05) is 6.42 Å². The molecule has 1 N–H and O–H groups in total. The van der Waals surface area contributed by atoms with Crippen LogP contribution in [0.15, 0.2) is 0 Å². The molecule has 0 aromatic heterocycles. The second-order valence-corrected chi connectivity index (χ2v) is 6.41. The summed E-state index contributed by atoms with van der Waals surface area (Å²) in [6.45, 7) is 11.0. The van der Waals surface area contributed by atoms with Crippen LogP contribution in [0, 0.1) is 0 Å². The molecule has 0 aromatic carbocycles. The summed E-state index contributed by atoms with van der Waals surface area (Å²) in [5, 5.41) is 3.41. The van der Waals surface area contributed by atoms with E-state index in [0.29, 0.717) is 0 Å². The van der Waals surface area contributed by atoms with Gasteiger partial charge in [0, 0.05) is 24.7 Å². The highest BCUT2D eigenvalue weighted by Gasteiger charge is 2.30. The van der Waals surface area contributed by atoms with Gasteiger partial charge in [0.25, 0.3) is 0 Å². The first-order chi connectivity index (χ1) is 8.11. The van der Waals surface area contributed by atoms with Gasteiger partial charge in [0.15, 0.2) is 0 Å². The number of hydrogen-bond acceptors (Lipinski definition) is 3. The number of nitrogens with one attached hydrogen (secondary N) is 1. The largest absolute Gasteiger partial charge is 0.314 e. The van der Waals surface area contributed by atoms with Crippen LogP contribution in [0.25, 0.3) is 0 Å². The van der Waals surface area contributed by atoms with Crippen molar-refractivity contribution in [3.63, 3.8) is 0 Å². The van der Waals surface area contributed by atoms with Gasteiger partial charge >= 0.3 is 0 Å². The van der Waals surface area contributed by atoms with Gasteiger partial charge in [0.1, 0.15) is 0 Å². The van der Waals surface area contributed by atoms with E-state index in [1.165, 1.54) is 58.4 Å². The molecule has 0 bridgehead atoms. The fourth-order valence-electron chi connectivity index (χ4n) is 3.18. The van der Waals surface area contributed by atoms with Gasteiger partial charge in [0.2, 0.25) is 0 Å². The van der Waals surface area contributed by atoms with E-state index in [1.807, 2.05) is 0 Å². The Hall–Kier alpha value is -0.120. The van der Waals surface area contributed by atoms with Gasteiger partial charge in [-0.25, -0.2) is 0 Å². The van der Waals surface area contributed by atoms with Crippen molar-refractivity contribution < 1.29 is 0 Å². The fourth-order valence-corrected chi connectivity index (χ4v) is 3.18. The number of likely N-dealkylation sites (tertiary alicyclic amines) is 2. The van der Waals surface area contributed by atoms with Crippen molar-refractivity contribution >= 4 is 0 Å². The number of piperidine rings is 1. The molecule has 0 saturated carbocycles. The van der Waals surface area contributed by atoms with Crippen LogP contribution in [-0.2, 0) is 0 Å². The van der Waals surface area contributed by atoms with Crippen LogP contribution >= 0.6 is 0 Å². The van der Waals surface area contributed by atoms with E-state index in [0.717, 1.165) is 6.04 Å². The summed E-state index contributed by atoms with van der Waals surface area (Å²) >= 11 is 0. The highest BCUT2D eigenvalue weighted by atomic mass is 15.3. The lowest BCUT2D eigenvalue weighted by atomic mass is 10.1. The van der Waals surface area contributed by atoms with E-state index in [2.05, 4.69) is 36.0 Å². The summed E-state index contributed by atoms with van der Waals surface area (Å²) in [6.07, 6.45) is 5.65. The second kappa shape index (κ2) is 5.68. The Labute approximate surface area is 107 Å². The minimum absolute atomic E-state index is 0.247. The lowest BCUT2D eigenvalue weighted by Crippen LogP contribution is -2.48. The van der Waals surface area contributed by atoms with Gasteiger partial charge in [-0.3, -0.25) is 9.80 Å². The van der Waals surface area contributed by atoms with E-state index in [9.17, 15) is 0 Å². The SMILES string of the molecule is CNC(C)(C)CN1CCC(N2CCCCC2)C1. The molecule has 1 atom stereocenters. The van der Waals surface area contributed by atoms with Crippen LogP contribution in [0.2, 0.25) is 0 Å². The topological polar surface area (TPSA) is 18.5 Å². The highest BCUT2D eigenvalue weighted by molar-refractivity contribution is 4.89. The predicted octanol–water partition coefficient (Wildman–Crippen LogP) is 1.54. The molecule has 3 heteroatoms. The standard InChI is InChI=1S/C14H29N3/c1-14(2,15-3)12-16-10-7-13(11-16)17-8-5-4-6-9-17/h13,15H,4-12H2,1-3H3. The van der Waals surface area contributed by atoms with E-state index < -0.39 is 0 Å². The zero-order chi connectivity index (χ0) is 12.3. The van der Waals surface area contributed by atoms with Gasteiger partial charge < -0.3 is 5.32 Å². The lowest BCUT2D eigenvalue weighted by molar-refractivity contribution is 0.155. The van der Waals surface area contributed by atoms with Crippen molar-refractivity contribution in [1.29, 1.82) is 0 Å². The smallest absolute Gasteiger partial charge is 0.0249 e. The summed E-state index contributed by atoms with van der Waals surface area (Å²) in [5.74, 6) is 0. The van der Waals surface area contributed by atoms with E-state index in [1.54, 1.807) is 0 Å². The predicted molar refractivity (Wildman–Crippen MR) is 73.4 cm³/mol. The van der Waals surface area contributed by atoms with Crippen molar-refractivity contribution in [3.05, 3.63) is 0 Å². The minimum Gasteiger partial charge on any atom is -0.314 e. The molecule has 0 amide bonds. The number of likely N-dealkylation sites (N-methyl/N-ethyl adjacent to an activating group) is 1. The molecule has 3 nitrogen and oxygen atoms in total. The summed E-state index contributed by atoms with van der Waals surface area (Å²) in [4.78, 5) is 5.37. The Balaban J connectivity index is 1.78. The maximum absolute atomic E-state index is 3.41. The van der Waals surface area contributed by atoms with Crippen molar-refractivity contribution in [1.82, 2.24) is 15.1 Å². The second-order valence-electron chi connectivity index (χ2n) is 6.41. The molecule has 100 valence electrons. The van der Waals surface area contributed by atoms with E-state index >= 15 is 0 Å². The molecule has 0 aromatic rings. The average Bonchev–Trinajstić information content (AvgIpc) is 2.78. The molecule has 0 spiro atoms. The zero-order valence-electron chi connectivity index (χ0n) is 11.8. The fraction of sp³-hybridized carbons (Fsp3) is 1.00. The summed E-state index contributed by atoms with van der Waals surface area (Å²) in [5.41, 5.74) is 0.247. The van der Waals surface area contributed by atoms with Crippen molar-refractivity contribution in [2.24, 2.45) is 0 Å². The Bertz CT molecular complexity index is 234. The quantitative estimate of drug-likeness (QED) is 0.803. The molecule has 2 heterocycles. The maximum atomic E-state index is 3.41. The first-order valence-electron chi connectivity index (χ1n) is 7.26. The van der Waals surface area contributed by atoms with Crippen LogP contribution in [-0.4, -0.2) is 61.2 Å². The van der Waals surface area contributed by atoms with Crippen LogP contribution in [0.3, 0.4) is 0 Å². The average molecular weight is 239 g/mol. The summed E-state index contributed by atoms with van der Waals surface area (Å²) in [6, 6.07) is 0.836. The Morgan fingerprint density at radius 1 is 1.12 bits per heavy atom. The van der Waals surface area contributed by atoms with Gasteiger partial charge in [-0.15, -0.1) is 0 Å². The molecule has 0 radical (unpaired) electrons. The maximum Gasteiger partial charge on any atom is 0.0249 e. The van der Waals surface area contributed by atoms with E-state index in [4.69, 9.17) is 0 Å². The molecule has 17 heavy (non-hydrogen) atoms. The molecule has 2 aliphatic heterocycles. The molecule has 2 aliphatic rings. The molecular weight excluding hydrogens is 210 g/mol. The molecule has 0 aliphatic carbocycles. The first-order valence-corrected chi connectivity index (χ1v) is 7.26. The van der Waals surface area contributed by atoms with Crippen molar-refractivity contribution in [2.45, 2.75) is 51.1 Å². The molecule has 2 saturated heterocycles. The van der Waals surface area contributed by atoms with Crippen LogP contribution in [0.1, 0.15) is 39.5 Å². The molecule has 2 rings (SSSR count). The third-order valence-electron chi connectivity index (χ3n) is 4.45. The molecule has 2 fully saturated rings. The normalized spacial score (nSPS) is 28.8. The highest BCUT2D eigenvalue weighted by Crippen LogP contribution is 2.21. The van der Waals surface area contributed by atoms with Gasteiger partial charge in [-0.2, -0.15) is 0 Å². The summed E-state index contributed by atoms with van der Waals surface area (Å²) in [7, 11) is 2.07. The number of hydrogen-bond donors (Lipinski definition) is 1. The summed E-state index contributed by atoms with van der Waals surface area (Å²) < 4.78 is 0. The van der Waals surface area contributed by atoms with E-state index in [-0.39, 0.29) is 5.54 Å². The Morgan fingerprint density at radius 2 is 1.82 bits per heavy atom. The first kappa shape index (κ1) is 13.3. The zero-order valence-corrected chi connectivity index (χ0v) is 11.8. The van der Waals surface area contributed by atoms with Crippen LogP contribution < -0.4 is 5.32 Å². The molecular formula is C14H29N3. The Morgan fingerprint density at radius 3 is 2.47 bits per heavy atom. The third-order valence-corrected chi connectivity index (χ3v) is 4.45.